The first-order chi connectivity index (χ1) is 12.3. The molecule has 0 atom stereocenters. The lowest BCUT2D eigenvalue weighted by Gasteiger charge is -2.22. The zero-order valence-corrected chi connectivity index (χ0v) is 15.0. The van der Waals surface area contributed by atoms with E-state index in [1.807, 2.05) is 54.4 Å². The van der Waals surface area contributed by atoms with Gasteiger partial charge < -0.3 is 24.1 Å². The number of rotatable bonds is 10. The Morgan fingerprint density at radius 1 is 1.16 bits per heavy atom. The number of aliphatic imine (C=N–C) groups is 1. The Bertz CT molecular complexity index is 600. The third-order valence-electron chi connectivity index (χ3n) is 3.58. The molecule has 6 nitrogen and oxygen atoms in total. The lowest BCUT2D eigenvalue weighted by atomic mass is 10.3. The van der Waals surface area contributed by atoms with Crippen molar-refractivity contribution in [3.8, 4) is 5.75 Å². The molecule has 1 aromatic heterocycles. The van der Waals surface area contributed by atoms with E-state index in [0.29, 0.717) is 19.8 Å². The second kappa shape index (κ2) is 11.1. The van der Waals surface area contributed by atoms with Gasteiger partial charge in [0.1, 0.15) is 24.7 Å². The van der Waals surface area contributed by atoms with Crippen LogP contribution in [0.25, 0.3) is 0 Å². The molecule has 0 unspecified atom stereocenters. The highest BCUT2D eigenvalue weighted by atomic mass is 16.5. The van der Waals surface area contributed by atoms with Gasteiger partial charge in [-0.05, 0) is 30.7 Å². The summed E-state index contributed by atoms with van der Waals surface area (Å²) < 4.78 is 16.5. The van der Waals surface area contributed by atoms with Crippen LogP contribution in [0, 0.1) is 0 Å². The highest BCUT2D eigenvalue weighted by molar-refractivity contribution is 5.79. The zero-order valence-electron chi connectivity index (χ0n) is 15.0. The highest BCUT2D eigenvalue weighted by Crippen LogP contribution is 2.07. The van der Waals surface area contributed by atoms with Gasteiger partial charge in [-0.1, -0.05) is 18.2 Å². The molecule has 0 bridgehead atoms. The van der Waals surface area contributed by atoms with E-state index in [1.165, 1.54) is 0 Å². The van der Waals surface area contributed by atoms with E-state index >= 15 is 0 Å². The van der Waals surface area contributed by atoms with Crippen molar-refractivity contribution in [1.29, 1.82) is 0 Å². The number of nitrogens with zero attached hydrogens (tertiary/aromatic N) is 2. The number of guanidine groups is 1. The monoisotopic (exact) mass is 345 g/mol. The number of benzene rings is 1. The summed E-state index contributed by atoms with van der Waals surface area (Å²) in [6, 6.07) is 13.6. The molecule has 1 aromatic carbocycles. The van der Waals surface area contributed by atoms with E-state index in [1.54, 1.807) is 13.3 Å². The normalized spacial score (nSPS) is 11.4. The number of nitrogens with one attached hydrogen (secondary N) is 1. The Morgan fingerprint density at radius 3 is 2.72 bits per heavy atom. The fourth-order valence-electron chi connectivity index (χ4n) is 2.25. The molecule has 0 amide bonds. The van der Waals surface area contributed by atoms with Crippen molar-refractivity contribution >= 4 is 5.96 Å². The lowest BCUT2D eigenvalue weighted by molar-refractivity contribution is 0.104. The maximum absolute atomic E-state index is 5.71. The molecule has 0 aliphatic rings. The van der Waals surface area contributed by atoms with Gasteiger partial charge in [0.15, 0.2) is 5.96 Å². The van der Waals surface area contributed by atoms with Gasteiger partial charge in [-0.2, -0.15) is 0 Å². The van der Waals surface area contributed by atoms with E-state index < -0.39 is 0 Å². The maximum Gasteiger partial charge on any atom is 0.193 e. The van der Waals surface area contributed by atoms with Gasteiger partial charge in [-0.15, -0.1) is 0 Å². The summed E-state index contributed by atoms with van der Waals surface area (Å²) in [6.07, 6.45) is 2.55. The Hall–Kier alpha value is -2.47. The summed E-state index contributed by atoms with van der Waals surface area (Å²) in [6.45, 7) is 3.34. The largest absolute Gasteiger partial charge is 0.492 e. The number of para-hydroxylation sites is 1. The minimum absolute atomic E-state index is 0.512. The molecule has 136 valence electrons. The van der Waals surface area contributed by atoms with Crippen LogP contribution in [-0.2, 0) is 11.3 Å². The smallest absolute Gasteiger partial charge is 0.193 e. The van der Waals surface area contributed by atoms with Crippen molar-refractivity contribution in [1.82, 2.24) is 10.2 Å². The van der Waals surface area contributed by atoms with Crippen molar-refractivity contribution in [3.05, 3.63) is 54.5 Å². The molecule has 0 saturated carbocycles. The van der Waals surface area contributed by atoms with Crippen LogP contribution in [0.15, 0.2) is 58.1 Å². The average Bonchev–Trinajstić information content (AvgIpc) is 3.15. The molecule has 1 N–H and O–H groups in total. The van der Waals surface area contributed by atoms with E-state index in [-0.39, 0.29) is 0 Å². The molecule has 0 spiro atoms. The summed E-state index contributed by atoms with van der Waals surface area (Å²) >= 11 is 0. The first-order valence-corrected chi connectivity index (χ1v) is 8.49. The fourth-order valence-corrected chi connectivity index (χ4v) is 2.25. The van der Waals surface area contributed by atoms with Gasteiger partial charge in [0.2, 0.25) is 0 Å². The molecular formula is C19H27N3O3. The van der Waals surface area contributed by atoms with Crippen LogP contribution in [0.2, 0.25) is 0 Å². The quantitative estimate of drug-likeness (QED) is 0.408. The van der Waals surface area contributed by atoms with E-state index in [4.69, 9.17) is 13.9 Å². The van der Waals surface area contributed by atoms with E-state index in [9.17, 15) is 0 Å². The van der Waals surface area contributed by atoms with Crippen molar-refractivity contribution < 1.29 is 13.9 Å². The zero-order chi connectivity index (χ0) is 17.7. The van der Waals surface area contributed by atoms with Crippen LogP contribution in [-0.4, -0.2) is 51.3 Å². The first-order valence-electron chi connectivity index (χ1n) is 8.49. The number of hydrogen-bond acceptors (Lipinski definition) is 4. The minimum atomic E-state index is 0.512. The lowest BCUT2D eigenvalue weighted by Crippen LogP contribution is -2.41. The third-order valence-corrected chi connectivity index (χ3v) is 3.58. The second-order valence-corrected chi connectivity index (χ2v) is 5.54. The number of hydrogen-bond donors (Lipinski definition) is 1. The molecular weight excluding hydrogens is 318 g/mol. The molecule has 2 rings (SSSR count). The standard InChI is InChI=1S/C19H27N3O3/c1-20-19(21-11-7-13-23-16-18-10-6-14-24-18)22(2)12-15-25-17-8-4-3-5-9-17/h3-6,8-10,14H,7,11-13,15-16H2,1-2H3,(H,20,21). The molecule has 25 heavy (non-hydrogen) atoms. The van der Waals surface area contributed by atoms with Crippen LogP contribution in [0.3, 0.4) is 0 Å². The van der Waals surface area contributed by atoms with Gasteiger partial charge >= 0.3 is 0 Å². The molecule has 0 saturated heterocycles. The predicted molar refractivity (Wildman–Crippen MR) is 98.9 cm³/mol. The van der Waals surface area contributed by atoms with Crippen LogP contribution in [0.1, 0.15) is 12.2 Å². The first kappa shape index (κ1) is 18.9. The summed E-state index contributed by atoms with van der Waals surface area (Å²) in [4.78, 5) is 6.34. The predicted octanol–water partition coefficient (Wildman–Crippen LogP) is 2.77. The van der Waals surface area contributed by atoms with Crippen LogP contribution < -0.4 is 10.1 Å². The summed E-state index contributed by atoms with van der Waals surface area (Å²) in [5.74, 6) is 2.58. The van der Waals surface area contributed by atoms with Crippen LogP contribution in [0.5, 0.6) is 5.75 Å². The molecule has 0 radical (unpaired) electrons. The van der Waals surface area contributed by atoms with E-state index in [2.05, 4.69) is 10.3 Å². The van der Waals surface area contributed by atoms with Crippen molar-refractivity contribution in [2.24, 2.45) is 4.99 Å². The van der Waals surface area contributed by atoms with Gasteiger partial charge in [-0.3, -0.25) is 4.99 Å². The molecule has 0 aliphatic carbocycles. The van der Waals surface area contributed by atoms with Crippen molar-refractivity contribution in [3.63, 3.8) is 0 Å². The molecule has 0 fully saturated rings. The summed E-state index contributed by atoms with van der Waals surface area (Å²) in [5.41, 5.74) is 0. The topological polar surface area (TPSA) is 59.2 Å². The molecule has 2 aromatic rings. The Balaban J connectivity index is 1.55. The average molecular weight is 345 g/mol. The van der Waals surface area contributed by atoms with Gasteiger partial charge in [0, 0.05) is 27.2 Å². The fraction of sp³-hybridized carbons (Fsp3) is 0.421. The Kier molecular flexibility index (Phi) is 8.41. The third kappa shape index (κ3) is 7.30. The van der Waals surface area contributed by atoms with Crippen molar-refractivity contribution in [2.75, 3.05) is 40.4 Å². The van der Waals surface area contributed by atoms with Crippen LogP contribution in [0.4, 0.5) is 0 Å². The number of ether oxygens (including phenoxy) is 2. The van der Waals surface area contributed by atoms with Crippen molar-refractivity contribution in [2.45, 2.75) is 13.0 Å². The number of furan rings is 1. The molecule has 1 heterocycles. The summed E-state index contributed by atoms with van der Waals surface area (Å²) in [5, 5.41) is 3.33. The highest BCUT2D eigenvalue weighted by Gasteiger charge is 2.05. The molecule has 0 aliphatic heterocycles. The second-order valence-electron chi connectivity index (χ2n) is 5.54. The SMILES string of the molecule is CN=C(NCCCOCc1ccco1)N(C)CCOc1ccccc1. The Labute approximate surface area is 149 Å². The summed E-state index contributed by atoms with van der Waals surface area (Å²) in [7, 11) is 3.78. The Morgan fingerprint density at radius 2 is 2.00 bits per heavy atom. The molecule has 6 heteroatoms. The van der Waals surface area contributed by atoms with Gasteiger partial charge in [-0.25, -0.2) is 0 Å². The maximum atomic E-state index is 5.71. The van der Waals surface area contributed by atoms with Gasteiger partial charge in [0.25, 0.3) is 0 Å². The van der Waals surface area contributed by atoms with Crippen LogP contribution >= 0.6 is 0 Å². The number of likely N-dealkylation sites (N-methyl/N-ethyl adjacent to an activating group) is 1. The van der Waals surface area contributed by atoms with Gasteiger partial charge in [0.05, 0.1) is 12.8 Å². The van der Waals surface area contributed by atoms with E-state index in [0.717, 1.165) is 37.0 Å². The minimum Gasteiger partial charge on any atom is -0.492 e.